The second-order valence-corrected chi connectivity index (χ2v) is 4.95. The van der Waals surface area contributed by atoms with Crippen LogP contribution in [0, 0.1) is 0 Å². The highest BCUT2D eigenvalue weighted by atomic mass is 19.4. The molecule has 0 radical (unpaired) electrons. The molecule has 2 aromatic carbocycles. The third-order valence-electron chi connectivity index (χ3n) is 3.22. The normalized spacial score (nSPS) is 11.5. The molecule has 126 valence electrons. The highest BCUT2D eigenvalue weighted by Gasteiger charge is 2.30. The van der Waals surface area contributed by atoms with Gasteiger partial charge in [0.1, 0.15) is 0 Å². The first-order chi connectivity index (χ1) is 11.4. The van der Waals surface area contributed by atoms with Crippen LogP contribution in [0.5, 0.6) is 0 Å². The molecule has 0 heterocycles. The molecule has 0 bridgehead atoms. The van der Waals surface area contributed by atoms with Gasteiger partial charge < -0.3 is 5.32 Å². The number of benzene rings is 2. The van der Waals surface area contributed by atoms with E-state index in [1.165, 1.54) is 17.6 Å². The second-order valence-electron chi connectivity index (χ2n) is 4.95. The molecule has 0 fully saturated rings. The topological polar surface area (TPSA) is 61.4 Å². The van der Waals surface area contributed by atoms with Gasteiger partial charge in [0.2, 0.25) is 0 Å². The van der Waals surface area contributed by atoms with Crippen molar-refractivity contribution in [2.24, 2.45) is 0 Å². The Balaban J connectivity index is 2.13. The summed E-state index contributed by atoms with van der Waals surface area (Å²) in [7, 11) is 0. The Morgan fingerprint density at radius 1 is 1.12 bits per heavy atom. The highest BCUT2D eigenvalue weighted by Crippen LogP contribution is 2.29. The number of carbonyl (C=O) groups excluding carboxylic acids is 1. The van der Waals surface area contributed by atoms with Gasteiger partial charge >= 0.3 is 6.18 Å². The summed E-state index contributed by atoms with van der Waals surface area (Å²) in [6, 6.07) is 12.1. The van der Waals surface area contributed by atoms with E-state index in [1.807, 2.05) is 0 Å². The summed E-state index contributed by atoms with van der Waals surface area (Å²) in [6.07, 6.45) is -1.75. The highest BCUT2D eigenvalue weighted by molar-refractivity contribution is 5.91. The summed E-state index contributed by atoms with van der Waals surface area (Å²) in [5.74, 6) is -0.678. The molecule has 0 atom stereocenters. The number of carbonyl (C=O) groups is 1. The molecule has 0 saturated heterocycles. The number of nitrogens with one attached hydrogen (secondary N) is 2. The average Bonchev–Trinajstić information content (AvgIpc) is 2.58. The van der Waals surface area contributed by atoms with Crippen LogP contribution in [0.25, 0.3) is 6.08 Å². The Morgan fingerprint density at radius 2 is 1.88 bits per heavy atom. The van der Waals surface area contributed by atoms with Crippen LogP contribution in [0.4, 0.5) is 18.9 Å². The fourth-order valence-corrected chi connectivity index (χ4v) is 2.06. The summed E-state index contributed by atoms with van der Waals surface area (Å²) < 4.78 is 38.2. The van der Waals surface area contributed by atoms with E-state index in [-0.39, 0.29) is 6.54 Å². The molecular formula is C17H15F3N2O2. The van der Waals surface area contributed by atoms with E-state index >= 15 is 0 Å². The average molecular weight is 336 g/mol. The van der Waals surface area contributed by atoms with E-state index in [1.54, 1.807) is 30.3 Å². The number of hydrogen-bond acceptors (Lipinski definition) is 3. The van der Waals surface area contributed by atoms with Crippen molar-refractivity contribution in [1.82, 2.24) is 5.48 Å². The van der Waals surface area contributed by atoms with Gasteiger partial charge in [-0.2, -0.15) is 13.2 Å². The van der Waals surface area contributed by atoms with Crippen molar-refractivity contribution in [3.05, 3.63) is 71.3 Å². The standard InChI is InChI=1S/C17H15F3N2O2/c18-17(19,20)14-6-3-4-12(10-14)11-21-15-7-2-1-5-13(15)8-9-16(23)22-24/h1-10,21,24H,11H2,(H,22,23). The number of hydrogen-bond donors (Lipinski definition) is 3. The predicted molar refractivity (Wildman–Crippen MR) is 84.2 cm³/mol. The third-order valence-corrected chi connectivity index (χ3v) is 3.22. The van der Waals surface area contributed by atoms with Gasteiger partial charge in [0.25, 0.3) is 5.91 Å². The Bertz CT molecular complexity index is 743. The molecule has 0 aliphatic carbocycles. The monoisotopic (exact) mass is 336 g/mol. The van der Waals surface area contributed by atoms with Crippen molar-refractivity contribution in [1.29, 1.82) is 0 Å². The molecule has 0 unspecified atom stereocenters. The Hall–Kier alpha value is -2.80. The minimum Gasteiger partial charge on any atom is -0.380 e. The molecule has 4 nitrogen and oxygen atoms in total. The maximum Gasteiger partial charge on any atom is 0.416 e. The lowest BCUT2D eigenvalue weighted by Gasteiger charge is -2.12. The lowest BCUT2D eigenvalue weighted by Crippen LogP contribution is -2.14. The van der Waals surface area contributed by atoms with Crippen molar-refractivity contribution < 1.29 is 23.2 Å². The smallest absolute Gasteiger partial charge is 0.380 e. The first-order valence-electron chi connectivity index (χ1n) is 7.01. The molecule has 2 rings (SSSR count). The van der Waals surface area contributed by atoms with E-state index < -0.39 is 17.6 Å². The zero-order valence-corrected chi connectivity index (χ0v) is 12.5. The maximum atomic E-state index is 12.7. The van der Waals surface area contributed by atoms with Gasteiger partial charge in [-0.05, 0) is 35.4 Å². The molecule has 0 aromatic heterocycles. The van der Waals surface area contributed by atoms with E-state index in [0.717, 1.165) is 18.2 Å². The number of rotatable bonds is 5. The molecular weight excluding hydrogens is 321 g/mol. The van der Waals surface area contributed by atoms with Crippen molar-refractivity contribution >= 4 is 17.7 Å². The number of anilines is 1. The van der Waals surface area contributed by atoms with Crippen LogP contribution >= 0.6 is 0 Å². The van der Waals surface area contributed by atoms with Gasteiger partial charge in [-0.1, -0.05) is 30.3 Å². The van der Waals surface area contributed by atoms with E-state index in [2.05, 4.69) is 5.32 Å². The largest absolute Gasteiger partial charge is 0.416 e. The molecule has 0 spiro atoms. The fourth-order valence-electron chi connectivity index (χ4n) is 2.06. The summed E-state index contributed by atoms with van der Waals surface area (Å²) in [5, 5.41) is 11.5. The third kappa shape index (κ3) is 4.85. The maximum absolute atomic E-state index is 12.7. The summed E-state index contributed by atoms with van der Waals surface area (Å²) in [5.41, 5.74) is 2.57. The van der Waals surface area contributed by atoms with Crippen molar-refractivity contribution in [2.75, 3.05) is 5.32 Å². The van der Waals surface area contributed by atoms with Gasteiger partial charge in [0, 0.05) is 18.3 Å². The number of hydroxylamine groups is 1. The summed E-state index contributed by atoms with van der Waals surface area (Å²) in [4.78, 5) is 11.0. The van der Waals surface area contributed by atoms with E-state index in [0.29, 0.717) is 16.8 Å². The van der Waals surface area contributed by atoms with Crippen LogP contribution in [0.15, 0.2) is 54.6 Å². The van der Waals surface area contributed by atoms with Gasteiger partial charge in [0.05, 0.1) is 5.56 Å². The molecule has 0 aliphatic rings. The van der Waals surface area contributed by atoms with Gasteiger partial charge in [-0.15, -0.1) is 0 Å². The van der Waals surface area contributed by atoms with Crippen LogP contribution in [-0.2, 0) is 17.5 Å². The number of halogens is 3. The van der Waals surface area contributed by atoms with Crippen molar-refractivity contribution in [2.45, 2.75) is 12.7 Å². The lowest BCUT2D eigenvalue weighted by molar-refractivity contribution is -0.137. The fraction of sp³-hybridized carbons (Fsp3) is 0.118. The first kappa shape index (κ1) is 17.6. The van der Waals surface area contributed by atoms with Crippen LogP contribution in [0.1, 0.15) is 16.7 Å². The minimum absolute atomic E-state index is 0.195. The van der Waals surface area contributed by atoms with Crippen LogP contribution in [-0.4, -0.2) is 11.1 Å². The first-order valence-corrected chi connectivity index (χ1v) is 7.01. The van der Waals surface area contributed by atoms with Gasteiger partial charge in [-0.3, -0.25) is 10.0 Å². The van der Waals surface area contributed by atoms with Crippen LogP contribution in [0.3, 0.4) is 0 Å². The van der Waals surface area contributed by atoms with Crippen LogP contribution < -0.4 is 10.8 Å². The van der Waals surface area contributed by atoms with E-state index in [9.17, 15) is 18.0 Å². The van der Waals surface area contributed by atoms with Gasteiger partial charge in [0.15, 0.2) is 0 Å². The quantitative estimate of drug-likeness (QED) is 0.442. The molecule has 1 amide bonds. The molecule has 7 heteroatoms. The zero-order valence-electron chi connectivity index (χ0n) is 12.5. The summed E-state index contributed by atoms with van der Waals surface area (Å²) >= 11 is 0. The lowest BCUT2D eigenvalue weighted by atomic mass is 10.1. The summed E-state index contributed by atoms with van der Waals surface area (Å²) in [6.45, 7) is 0.195. The Labute approximate surface area is 136 Å². The SMILES string of the molecule is O=C(C=Cc1ccccc1NCc1cccc(C(F)(F)F)c1)NO. The number of alkyl halides is 3. The molecule has 0 aliphatic heterocycles. The number of amides is 1. The molecule has 0 saturated carbocycles. The molecule has 3 N–H and O–H groups in total. The predicted octanol–water partition coefficient (Wildman–Crippen LogP) is 3.84. The Kier molecular flexibility index (Phi) is 5.59. The Morgan fingerprint density at radius 3 is 2.58 bits per heavy atom. The van der Waals surface area contributed by atoms with Crippen molar-refractivity contribution in [3.63, 3.8) is 0 Å². The second kappa shape index (κ2) is 7.65. The molecule has 24 heavy (non-hydrogen) atoms. The van der Waals surface area contributed by atoms with Crippen LogP contribution in [0.2, 0.25) is 0 Å². The number of para-hydroxylation sites is 1. The molecule has 2 aromatic rings. The van der Waals surface area contributed by atoms with Crippen molar-refractivity contribution in [3.8, 4) is 0 Å². The van der Waals surface area contributed by atoms with E-state index in [4.69, 9.17) is 5.21 Å². The zero-order chi connectivity index (χ0) is 17.6. The minimum atomic E-state index is -4.38. The van der Waals surface area contributed by atoms with Gasteiger partial charge in [-0.25, -0.2) is 5.48 Å².